The van der Waals surface area contributed by atoms with Crippen LogP contribution < -0.4 is 5.73 Å². The Kier molecular flexibility index (Phi) is 5.45. The number of nitrogens with two attached hydrogens (primary N) is 1. The molecule has 2 unspecified atom stereocenters. The normalized spacial score (nSPS) is 22.3. The van der Waals surface area contributed by atoms with Crippen molar-refractivity contribution in [1.29, 1.82) is 0 Å². The standard InChI is InChI=1S/C15H26N4O.ClH/c1-10-6-12(8-16)9-18(10)14(20)13-7-11(2)19(17-13)15(3,4)5;/h7,10,12H,6,8-9,16H2,1-5H3;1H. The summed E-state index contributed by atoms with van der Waals surface area (Å²) < 4.78 is 1.92. The highest BCUT2D eigenvalue weighted by atomic mass is 35.5. The van der Waals surface area contributed by atoms with Crippen molar-refractivity contribution in [3.63, 3.8) is 0 Å². The van der Waals surface area contributed by atoms with Gasteiger partial charge in [0.15, 0.2) is 5.69 Å². The molecule has 1 saturated heterocycles. The lowest BCUT2D eigenvalue weighted by Gasteiger charge is -2.22. The molecule has 1 aromatic rings. The number of likely N-dealkylation sites (tertiary alicyclic amines) is 1. The molecule has 1 aromatic heterocycles. The highest BCUT2D eigenvalue weighted by molar-refractivity contribution is 5.92. The van der Waals surface area contributed by atoms with Crippen molar-refractivity contribution in [2.45, 2.75) is 52.6 Å². The molecule has 21 heavy (non-hydrogen) atoms. The average molecular weight is 315 g/mol. The lowest BCUT2D eigenvalue weighted by molar-refractivity contribution is 0.0735. The predicted octanol–water partition coefficient (Wildman–Crippen LogP) is 2.18. The molecule has 0 radical (unpaired) electrons. The van der Waals surface area contributed by atoms with E-state index in [0.29, 0.717) is 18.2 Å². The minimum Gasteiger partial charge on any atom is -0.334 e. The second-order valence-electron chi connectivity index (χ2n) is 6.90. The highest BCUT2D eigenvalue weighted by Gasteiger charge is 2.33. The van der Waals surface area contributed by atoms with Gasteiger partial charge in [-0.2, -0.15) is 5.10 Å². The lowest BCUT2D eigenvalue weighted by Crippen LogP contribution is -2.35. The SMILES string of the molecule is Cc1cc(C(=O)N2CC(CN)CC2C)nn1C(C)(C)C.Cl. The zero-order chi connectivity index (χ0) is 15.1. The van der Waals surface area contributed by atoms with Crippen molar-refractivity contribution in [3.8, 4) is 0 Å². The number of amides is 1. The summed E-state index contributed by atoms with van der Waals surface area (Å²) >= 11 is 0. The average Bonchev–Trinajstić information content (AvgIpc) is 2.91. The van der Waals surface area contributed by atoms with Gasteiger partial charge in [-0.1, -0.05) is 0 Å². The Bertz CT molecular complexity index is 506. The van der Waals surface area contributed by atoms with Crippen molar-refractivity contribution >= 4 is 18.3 Å². The Morgan fingerprint density at radius 2 is 2.10 bits per heavy atom. The minimum absolute atomic E-state index is 0. The maximum atomic E-state index is 12.6. The molecule has 6 heteroatoms. The summed E-state index contributed by atoms with van der Waals surface area (Å²) in [4.78, 5) is 14.5. The van der Waals surface area contributed by atoms with Crippen LogP contribution in [0.1, 0.15) is 50.3 Å². The smallest absolute Gasteiger partial charge is 0.274 e. The molecule has 1 fully saturated rings. The van der Waals surface area contributed by atoms with Crippen LogP contribution >= 0.6 is 12.4 Å². The van der Waals surface area contributed by atoms with Gasteiger partial charge in [-0.15, -0.1) is 12.4 Å². The van der Waals surface area contributed by atoms with E-state index in [1.807, 2.05) is 22.6 Å². The maximum absolute atomic E-state index is 12.6. The number of halogens is 1. The molecule has 0 bridgehead atoms. The van der Waals surface area contributed by atoms with Gasteiger partial charge in [0.25, 0.3) is 5.91 Å². The number of hydrogen-bond donors (Lipinski definition) is 1. The summed E-state index contributed by atoms with van der Waals surface area (Å²) in [6, 6.07) is 2.13. The highest BCUT2D eigenvalue weighted by Crippen LogP contribution is 2.25. The van der Waals surface area contributed by atoms with Crippen molar-refractivity contribution in [2.75, 3.05) is 13.1 Å². The number of aromatic nitrogens is 2. The van der Waals surface area contributed by atoms with E-state index in [9.17, 15) is 4.79 Å². The fourth-order valence-corrected chi connectivity index (χ4v) is 3.00. The molecule has 0 spiro atoms. The molecule has 2 heterocycles. The fourth-order valence-electron chi connectivity index (χ4n) is 3.00. The number of carbonyl (C=O) groups is 1. The van der Waals surface area contributed by atoms with Crippen LogP contribution in [0, 0.1) is 12.8 Å². The number of carbonyl (C=O) groups excluding carboxylic acids is 1. The van der Waals surface area contributed by atoms with E-state index in [1.54, 1.807) is 0 Å². The van der Waals surface area contributed by atoms with Gasteiger partial charge in [0.1, 0.15) is 0 Å². The van der Waals surface area contributed by atoms with Crippen LogP contribution in [0.2, 0.25) is 0 Å². The molecule has 2 N–H and O–H groups in total. The van der Waals surface area contributed by atoms with Crippen LogP contribution in [0.4, 0.5) is 0 Å². The molecule has 5 nitrogen and oxygen atoms in total. The summed E-state index contributed by atoms with van der Waals surface area (Å²) in [7, 11) is 0. The van der Waals surface area contributed by atoms with Crippen LogP contribution in [-0.2, 0) is 5.54 Å². The molecule has 1 aliphatic rings. The second-order valence-corrected chi connectivity index (χ2v) is 6.90. The summed E-state index contributed by atoms with van der Waals surface area (Å²) in [5.74, 6) is 0.444. The molecule has 0 saturated carbocycles. The van der Waals surface area contributed by atoms with E-state index < -0.39 is 0 Å². The van der Waals surface area contributed by atoms with E-state index in [0.717, 1.165) is 18.7 Å². The Morgan fingerprint density at radius 3 is 2.52 bits per heavy atom. The van der Waals surface area contributed by atoms with Crippen LogP contribution in [0.3, 0.4) is 0 Å². The quantitative estimate of drug-likeness (QED) is 0.910. The predicted molar refractivity (Wildman–Crippen MR) is 86.9 cm³/mol. The molecule has 0 aliphatic carbocycles. The Labute approximate surface area is 133 Å². The first-order valence-corrected chi connectivity index (χ1v) is 7.32. The van der Waals surface area contributed by atoms with E-state index in [-0.39, 0.29) is 29.9 Å². The molecular formula is C15H27ClN4O. The van der Waals surface area contributed by atoms with E-state index in [4.69, 9.17) is 5.73 Å². The van der Waals surface area contributed by atoms with Gasteiger partial charge in [-0.05, 0) is 59.6 Å². The van der Waals surface area contributed by atoms with E-state index >= 15 is 0 Å². The van der Waals surface area contributed by atoms with Crippen LogP contribution in [0.15, 0.2) is 6.07 Å². The number of nitrogens with zero attached hydrogens (tertiary/aromatic N) is 3. The first-order valence-electron chi connectivity index (χ1n) is 7.32. The summed E-state index contributed by atoms with van der Waals surface area (Å²) in [5.41, 5.74) is 7.17. The lowest BCUT2D eigenvalue weighted by atomic mass is 10.1. The second kappa shape index (κ2) is 6.36. The third-order valence-electron chi connectivity index (χ3n) is 4.00. The van der Waals surface area contributed by atoms with E-state index in [1.165, 1.54) is 0 Å². The number of rotatable bonds is 2. The van der Waals surface area contributed by atoms with Gasteiger partial charge in [0.05, 0.1) is 5.54 Å². The third-order valence-corrected chi connectivity index (χ3v) is 4.00. The molecule has 2 rings (SSSR count). The van der Waals surface area contributed by atoms with Crippen molar-refractivity contribution in [1.82, 2.24) is 14.7 Å². The van der Waals surface area contributed by atoms with Crippen molar-refractivity contribution in [2.24, 2.45) is 11.7 Å². The van der Waals surface area contributed by atoms with Gasteiger partial charge >= 0.3 is 0 Å². The molecule has 2 atom stereocenters. The van der Waals surface area contributed by atoms with Gasteiger partial charge in [0.2, 0.25) is 0 Å². The summed E-state index contributed by atoms with van der Waals surface area (Å²) in [5, 5.41) is 4.51. The molecular weight excluding hydrogens is 288 g/mol. The fraction of sp³-hybridized carbons (Fsp3) is 0.733. The minimum atomic E-state index is -0.112. The third kappa shape index (κ3) is 3.58. The van der Waals surface area contributed by atoms with E-state index in [2.05, 4.69) is 32.8 Å². The first kappa shape index (κ1) is 18.0. The van der Waals surface area contributed by atoms with Gasteiger partial charge < -0.3 is 10.6 Å². The van der Waals surface area contributed by atoms with Crippen molar-refractivity contribution in [3.05, 3.63) is 17.5 Å². The Morgan fingerprint density at radius 1 is 1.48 bits per heavy atom. The first-order chi connectivity index (χ1) is 9.24. The zero-order valence-electron chi connectivity index (χ0n) is 13.6. The monoisotopic (exact) mass is 314 g/mol. The number of aryl methyl sites for hydroxylation is 1. The van der Waals surface area contributed by atoms with Gasteiger partial charge in [-0.25, -0.2) is 0 Å². The van der Waals surface area contributed by atoms with Crippen molar-refractivity contribution < 1.29 is 4.79 Å². The van der Waals surface area contributed by atoms with Crippen LogP contribution in [-0.4, -0.2) is 39.7 Å². The molecule has 1 amide bonds. The summed E-state index contributed by atoms with van der Waals surface area (Å²) in [6.45, 7) is 11.7. The zero-order valence-corrected chi connectivity index (χ0v) is 14.4. The van der Waals surface area contributed by atoms with Crippen LogP contribution in [0.5, 0.6) is 0 Å². The Balaban J connectivity index is 0.00000220. The maximum Gasteiger partial charge on any atom is 0.274 e. The molecule has 1 aliphatic heterocycles. The summed E-state index contributed by atoms with van der Waals surface area (Å²) in [6.07, 6.45) is 0.987. The van der Waals surface area contributed by atoms with Gasteiger partial charge in [-0.3, -0.25) is 9.48 Å². The molecule has 0 aromatic carbocycles. The topological polar surface area (TPSA) is 64.2 Å². The van der Waals surface area contributed by atoms with Crippen LogP contribution in [0.25, 0.3) is 0 Å². The van der Waals surface area contributed by atoms with Gasteiger partial charge in [0, 0.05) is 18.3 Å². The largest absolute Gasteiger partial charge is 0.334 e. The number of hydrogen-bond acceptors (Lipinski definition) is 3. The molecule has 120 valence electrons. The Hall–Kier alpha value is -1.07.